The number of esters is 1. The van der Waals surface area contributed by atoms with Crippen LogP contribution in [-0.4, -0.2) is 29.8 Å². The van der Waals surface area contributed by atoms with Crippen molar-refractivity contribution in [3.8, 4) is 0 Å². The second-order valence-corrected chi connectivity index (χ2v) is 10.4. The summed E-state index contributed by atoms with van der Waals surface area (Å²) >= 11 is 0. The SMILES string of the molecule is CCCCCCCCCCCCCCCCCC(=O)[C@H]1C(=O)CC(C)(C)C(C(=O)OC)=C1O. The zero-order chi connectivity index (χ0) is 24.7. The Bertz CT molecular complexity index is 647. The fourth-order valence-corrected chi connectivity index (χ4v) is 4.90. The first-order valence-corrected chi connectivity index (χ1v) is 13.3. The van der Waals surface area contributed by atoms with Crippen LogP contribution in [0.3, 0.4) is 0 Å². The third-order valence-corrected chi connectivity index (χ3v) is 6.88. The molecule has 0 aromatic carbocycles. The van der Waals surface area contributed by atoms with E-state index in [1.807, 2.05) is 0 Å². The lowest BCUT2D eigenvalue weighted by atomic mass is 9.69. The molecule has 1 rings (SSSR count). The van der Waals surface area contributed by atoms with Crippen molar-refractivity contribution in [2.75, 3.05) is 7.11 Å². The maximum atomic E-state index is 12.7. The first kappa shape index (κ1) is 29.4. The van der Waals surface area contributed by atoms with Gasteiger partial charge in [-0.05, 0) is 6.42 Å². The van der Waals surface area contributed by atoms with E-state index in [2.05, 4.69) is 6.92 Å². The molecular formula is C28H48O5. The number of Topliss-reactive ketones (excluding diaryl/α,β-unsaturated/α-hetero) is 2. The number of unbranched alkanes of at least 4 members (excludes halogenated alkanes) is 14. The van der Waals surface area contributed by atoms with Crippen LogP contribution < -0.4 is 0 Å². The van der Waals surface area contributed by atoms with Crippen LogP contribution in [0.1, 0.15) is 130 Å². The van der Waals surface area contributed by atoms with Gasteiger partial charge in [0.15, 0.2) is 11.6 Å². The molecule has 0 fully saturated rings. The lowest BCUT2D eigenvalue weighted by Crippen LogP contribution is -2.40. The first-order chi connectivity index (χ1) is 15.8. The summed E-state index contributed by atoms with van der Waals surface area (Å²) < 4.78 is 4.77. The highest BCUT2D eigenvalue weighted by molar-refractivity contribution is 6.08. The van der Waals surface area contributed by atoms with Gasteiger partial charge >= 0.3 is 5.97 Å². The van der Waals surface area contributed by atoms with E-state index in [1.165, 1.54) is 84.2 Å². The smallest absolute Gasteiger partial charge is 0.337 e. The van der Waals surface area contributed by atoms with Gasteiger partial charge in [0.25, 0.3) is 0 Å². The number of rotatable bonds is 18. The summed E-state index contributed by atoms with van der Waals surface area (Å²) in [5.74, 6) is -2.89. The minimum absolute atomic E-state index is 0.0523. The van der Waals surface area contributed by atoms with Gasteiger partial charge in [0.1, 0.15) is 11.7 Å². The summed E-state index contributed by atoms with van der Waals surface area (Å²) in [6.07, 6.45) is 19.0. The molecule has 1 atom stereocenters. The first-order valence-electron chi connectivity index (χ1n) is 13.3. The molecule has 0 unspecified atom stereocenters. The molecule has 0 saturated heterocycles. The van der Waals surface area contributed by atoms with Crippen LogP contribution in [-0.2, 0) is 19.1 Å². The Kier molecular flexibility index (Phi) is 14.3. The number of allylic oxidation sites excluding steroid dienone is 1. The Balaban J connectivity index is 2.20. The highest BCUT2D eigenvalue weighted by atomic mass is 16.5. The minimum Gasteiger partial charge on any atom is -0.510 e. The van der Waals surface area contributed by atoms with Crippen molar-refractivity contribution < 1.29 is 24.2 Å². The standard InChI is InChI=1S/C28H48O5/c1-5-6-7-8-9-10-11-12-13-14-15-16-17-18-19-20-22(29)24-23(30)21-28(2,3)25(26(24)31)27(32)33-4/h24,31H,5-21H2,1-4H3/t24-/m0/s1. The average molecular weight is 465 g/mol. The summed E-state index contributed by atoms with van der Waals surface area (Å²) in [6, 6.07) is 0. The predicted octanol–water partition coefficient (Wildman–Crippen LogP) is 7.42. The van der Waals surface area contributed by atoms with Gasteiger partial charge in [-0.15, -0.1) is 0 Å². The summed E-state index contributed by atoms with van der Waals surface area (Å²) in [4.78, 5) is 37.3. The molecule has 0 bridgehead atoms. The number of ketones is 2. The average Bonchev–Trinajstić information content (AvgIpc) is 2.75. The van der Waals surface area contributed by atoms with Gasteiger partial charge in [-0.3, -0.25) is 9.59 Å². The lowest BCUT2D eigenvalue weighted by Gasteiger charge is -2.33. The van der Waals surface area contributed by atoms with E-state index in [0.29, 0.717) is 6.42 Å². The quantitative estimate of drug-likeness (QED) is 0.130. The van der Waals surface area contributed by atoms with Gasteiger partial charge in [-0.2, -0.15) is 0 Å². The third kappa shape index (κ3) is 10.4. The zero-order valence-electron chi connectivity index (χ0n) is 21.7. The van der Waals surface area contributed by atoms with Gasteiger partial charge in [0.2, 0.25) is 0 Å². The molecule has 0 amide bonds. The number of hydrogen-bond donors (Lipinski definition) is 1. The molecule has 0 aromatic heterocycles. The molecule has 1 aliphatic rings. The largest absolute Gasteiger partial charge is 0.510 e. The molecule has 0 spiro atoms. The molecule has 0 aliphatic heterocycles. The summed E-state index contributed by atoms with van der Waals surface area (Å²) in [5, 5.41) is 10.6. The molecule has 0 saturated carbocycles. The Hall–Kier alpha value is -1.65. The maximum absolute atomic E-state index is 12.7. The fourth-order valence-electron chi connectivity index (χ4n) is 4.90. The van der Waals surface area contributed by atoms with Crippen LogP contribution in [0.25, 0.3) is 0 Å². The van der Waals surface area contributed by atoms with Crippen molar-refractivity contribution in [1.82, 2.24) is 0 Å². The third-order valence-electron chi connectivity index (χ3n) is 6.88. The second kappa shape index (κ2) is 16.1. The van der Waals surface area contributed by atoms with Crippen molar-refractivity contribution in [1.29, 1.82) is 0 Å². The molecule has 1 N–H and O–H groups in total. The highest BCUT2D eigenvalue weighted by Gasteiger charge is 2.46. The molecule has 5 nitrogen and oxygen atoms in total. The fraction of sp³-hybridized carbons (Fsp3) is 0.821. The van der Waals surface area contributed by atoms with Crippen molar-refractivity contribution in [2.45, 2.75) is 130 Å². The Morgan fingerprint density at radius 3 is 1.70 bits per heavy atom. The summed E-state index contributed by atoms with van der Waals surface area (Å²) in [6.45, 7) is 5.68. The van der Waals surface area contributed by atoms with E-state index in [9.17, 15) is 19.5 Å². The monoisotopic (exact) mass is 464 g/mol. The van der Waals surface area contributed by atoms with E-state index in [4.69, 9.17) is 4.74 Å². The number of aliphatic hydroxyl groups is 1. The van der Waals surface area contributed by atoms with Crippen LogP contribution in [0.15, 0.2) is 11.3 Å². The molecule has 5 heteroatoms. The number of carbonyl (C=O) groups excluding carboxylic acids is 3. The van der Waals surface area contributed by atoms with Gasteiger partial charge in [-0.1, -0.05) is 111 Å². The van der Waals surface area contributed by atoms with Gasteiger partial charge in [0, 0.05) is 18.3 Å². The number of carbonyl (C=O) groups is 3. The van der Waals surface area contributed by atoms with Crippen molar-refractivity contribution >= 4 is 17.5 Å². The van der Waals surface area contributed by atoms with Crippen molar-refractivity contribution in [3.63, 3.8) is 0 Å². The van der Waals surface area contributed by atoms with E-state index in [0.717, 1.165) is 12.8 Å². The van der Waals surface area contributed by atoms with Crippen LogP contribution in [0, 0.1) is 11.3 Å². The van der Waals surface area contributed by atoms with Crippen LogP contribution >= 0.6 is 0 Å². The molecule has 0 radical (unpaired) electrons. The van der Waals surface area contributed by atoms with Gasteiger partial charge in [0.05, 0.1) is 12.7 Å². The Labute approximate surface area is 201 Å². The van der Waals surface area contributed by atoms with E-state index >= 15 is 0 Å². The Morgan fingerprint density at radius 2 is 1.27 bits per heavy atom. The number of methoxy groups -OCH3 is 1. The summed E-state index contributed by atoms with van der Waals surface area (Å²) in [5.41, 5.74) is -0.779. The number of hydrogen-bond acceptors (Lipinski definition) is 5. The number of ether oxygens (including phenoxy) is 1. The van der Waals surface area contributed by atoms with E-state index in [-0.39, 0.29) is 30.0 Å². The molecule has 190 valence electrons. The topological polar surface area (TPSA) is 80.7 Å². The second-order valence-electron chi connectivity index (χ2n) is 10.4. The van der Waals surface area contributed by atoms with Crippen LogP contribution in [0.5, 0.6) is 0 Å². The van der Waals surface area contributed by atoms with E-state index in [1.54, 1.807) is 13.8 Å². The minimum atomic E-state index is -1.21. The zero-order valence-corrected chi connectivity index (χ0v) is 21.7. The van der Waals surface area contributed by atoms with Crippen molar-refractivity contribution in [3.05, 3.63) is 11.3 Å². The molecule has 33 heavy (non-hydrogen) atoms. The Morgan fingerprint density at radius 1 is 0.848 bits per heavy atom. The predicted molar refractivity (Wildman–Crippen MR) is 133 cm³/mol. The maximum Gasteiger partial charge on any atom is 0.337 e. The lowest BCUT2D eigenvalue weighted by molar-refractivity contribution is -0.139. The van der Waals surface area contributed by atoms with Gasteiger partial charge < -0.3 is 9.84 Å². The molecule has 0 aromatic rings. The van der Waals surface area contributed by atoms with Gasteiger partial charge in [-0.25, -0.2) is 4.79 Å². The summed E-state index contributed by atoms with van der Waals surface area (Å²) in [7, 11) is 1.24. The number of aliphatic hydroxyl groups excluding tert-OH is 1. The van der Waals surface area contributed by atoms with Crippen molar-refractivity contribution in [2.24, 2.45) is 11.3 Å². The van der Waals surface area contributed by atoms with E-state index < -0.39 is 23.1 Å². The van der Waals surface area contributed by atoms with Crippen LogP contribution in [0.4, 0.5) is 0 Å². The van der Waals surface area contributed by atoms with Crippen LogP contribution in [0.2, 0.25) is 0 Å². The molecular weight excluding hydrogens is 416 g/mol. The highest BCUT2D eigenvalue weighted by Crippen LogP contribution is 2.41. The normalized spacial score (nSPS) is 17.9. The molecule has 1 aliphatic carbocycles. The molecule has 0 heterocycles.